The summed E-state index contributed by atoms with van der Waals surface area (Å²) in [5.41, 5.74) is 4.81. The van der Waals surface area contributed by atoms with Crippen LogP contribution in [0.2, 0.25) is 0 Å². The van der Waals surface area contributed by atoms with E-state index in [0.29, 0.717) is 6.61 Å². The van der Waals surface area contributed by atoms with Crippen LogP contribution >= 0.6 is 0 Å². The molecule has 2 aromatic heterocycles. The Labute approximate surface area is 218 Å². The molecule has 0 bridgehead atoms. The molecule has 4 aromatic rings. The number of phenolic OH excluding ortho intramolecular Hbond substituents is 1. The summed E-state index contributed by atoms with van der Waals surface area (Å²) in [5.74, 6) is 2.12. The van der Waals surface area contributed by atoms with Crippen molar-refractivity contribution in [2.45, 2.75) is 45.6 Å². The minimum absolute atomic E-state index is 0.163. The molecule has 6 rings (SSSR count). The summed E-state index contributed by atoms with van der Waals surface area (Å²) in [7, 11) is 0. The van der Waals surface area contributed by atoms with Crippen LogP contribution in [0, 0.1) is 12.8 Å². The Bertz CT molecular complexity index is 1320. The highest BCUT2D eigenvalue weighted by molar-refractivity contribution is 6.15. The quantitative estimate of drug-likeness (QED) is 0.334. The van der Waals surface area contributed by atoms with E-state index in [1.165, 1.54) is 12.8 Å². The molecule has 0 radical (unpaired) electrons. The molecular weight excluding hydrogens is 466 g/mol. The van der Waals surface area contributed by atoms with Gasteiger partial charge in [0.15, 0.2) is 0 Å². The summed E-state index contributed by atoms with van der Waals surface area (Å²) in [6, 6.07) is 13.5. The summed E-state index contributed by atoms with van der Waals surface area (Å²) in [6.45, 7) is 9.55. The van der Waals surface area contributed by atoms with E-state index in [-0.39, 0.29) is 11.9 Å². The van der Waals surface area contributed by atoms with E-state index >= 15 is 0 Å². The van der Waals surface area contributed by atoms with E-state index in [1.54, 1.807) is 12.1 Å². The number of aliphatic hydroxyl groups is 1. The molecule has 2 aliphatic rings. The van der Waals surface area contributed by atoms with E-state index in [1.807, 2.05) is 38.1 Å². The van der Waals surface area contributed by atoms with Gasteiger partial charge in [0.1, 0.15) is 30.5 Å². The maximum atomic E-state index is 10.0. The number of aryl methyl sites for hydroxylation is 1. The Balaban J connectivity index is 0.000000479. The molecule has 0 atom stereocenters. The first kappa shape index (κ1) is 26.6. The number of ether oxygens (including phenoxy) is 1. The van der Waals surface area contributed by atoms with Crippen molar-refractivity contribution in [3.8, 4) is 22.6 Å². The number of likely N-dealkylation sites (tertiary alicyclic amines) is 1. The van der Waals surface area contributed by atoms with Gasteiger partial charge in [-0.25, -0.2) is 4.98 Å². The number of aromatic amines is 1. The van der Waals surface area contributed by atoms with E-state index in [9.17, 15) is 10.2 Å². The maximum Gasteiger partial charge on any atom is 0.143 e. The van der Waals surface area contributed by atoms with Gasteiger partial charge < -0.3 is 24.7 Å². The fourth-order valence-electron chi connectivity index (χ4n) is 4.59. The van der Waals surface area contributed by atoms with E-state index in [4.69, 9.17) is 9.53 Å². The van der Waals surface area contributed by atoms with Crippen molar-refractivity contribution in [1.82, 2.24) is 14.9 Å². The Morgan fingerprint density at radius 3 is 2.51 bits per heavy atom. The molecule has 1 saturated heterocycles. The molecular formula is C30H37N3O4. The molecule has 3 N–H and O–H groups in total. The monoisotopic (exact) mass is 503 g/mol. The number of hydrogen-bond acceptors (Lipinski definition) is 6. The van der Waals surface area contributed by atoms with Crippen molar-refractivity contribution in [3.63, 3.8) is 0 Å². The van der Waals surface area contributed by atoms with Crippen LogP contribution in [-0.2, 0) is 4.79 Å². The number of rotatable bonds is 5. The predicted octanol–water partition coefficient (Wildman–Crippen LogP) is 5.46. The Hall–Kier alpha value is -3.42. The molecule has 0 spiro atoms. The zero-order valence-electron chi connectivity index (χ0n) is 21.7. The van der Waals surface area contributed by atoms with Gasteiger partial charge in [0.25, 0.3) is 0 Å². The van der Waals surface area contributed by atoms with Crippen LogP contribution in [-0.4, -0.2) is 64.2 Å². The lowest BCUT2D eigenvalue weighted by atomic mass is 9.99. The van der Waals surface area contributed by atoms with Crippen molar-refractivity contribution in [2.75, 3.05) is 26.2 Å². The van der Waals surface area contributed by atoms with Crippen LogP contribution in [0.5, 0.6) is 11.5 Å². The number of nitrogens with zero attached hydrogens (tertiary/aromatic N) is 2. The smallest absolute Gasteiger partial charge is 0.143 e. The summed E-state index contributed by atoms with van der Waals surface area (Å²) >= 11 is 0. The highest BCUT2D eigenvalue weighted by Gasteiger charge is 2.18. The second-order valence-corrected chi connectivity index (χ2v) is 10.0. The largest absolute Gasteiger partial charge is 0.508 e. The molecule has 2 aromatic carbocycles. The third kappa shape index (κ3) is 6.67. The van der Waals surface area contributed by atoms with E-state index < -0.39 is 0 Å². The SMILES string of the molecule is C=O.CC1CC1.Cc1cnc2[nH]c3c(OCCN4CCC(O)CC4)ccc(-c4cccc(O)c4)c3c2c1. The third-order valence-corrected chi connectivity index (χ3v) is 6.95. The molecule has 1 saturated carbocycles. The average molecular weight is 504 g/mol. The summed E-state index contributed by atoms with van der Waals surface area (Å²) in [4.78, 5) is 18.4. The maximum absolute atomic E-state index is 10.0. The van der Waals surface area contributed by atoms with Crippen molar-refractivity contribution >= 4 is 28.7 Å². The van der Waals surface area contributed by atoms with Gasteiger partial charge in [0.2, 0.25) is 0 Å². The number of carbonyl (C=O) groups is 1. The van der Waals surface area contributed by atoms with Gasteiger partial charge in [-0.2, -0.15) is 0 Å². The van der Waals surface area contributed by atoms with Crippen LogP contribution in [0.25, 0.3) is 33.1 Å². The fourth-order valence-corrected chi connectivity index (χ4v) is 4.59. The number of aromatic nitrogens is 2. The van der Waals surface area contributed by atoms with Gasteiger partial charge in [0.05, 0.1) is 11.6 Å². The average Bonchev–Trinajstić information content (AvgIpc) is 3.60. The minimum Gasteiger partial charge on any atom is -0.508 e. The number of piperidine rings is 1. The number of nitrogens with one attached hydrogen (secondary N) is 1. The molecule has 1 aliphatic carbocycles. The Morgan fingerprint density at radius 1 is 1.11 bits per heavy atom. The van der Waals surface area contributed by atoms with Gasteiger partial charge >= 0.3 is 0 Å². The normalized spacial score (nSPS) is 16.1. The van der Waals surface area contributed by atoms with Crippen molar-refractivity contribution in [2.24, 2.45) is 5.92 Å². The first-order valence-corrected chi connectivity index (χ1v) is 13.0. The molecule has 7 heteroatoms. The number of pyridine rings is 1. The number of benzene rings is 2. The predicted molar refractivity (Wildman–Crippen MR) is 148 cm³/mol. The number of carbonyl (C=O) groups excluding carboxylic acids is 1. The minimum atomic E-state index is -0.163. The number of hydrogen-bond donors (Lipinski definition) is 3. The van der Waals surface area contributed by atoms with Crippen molar-refractivity contribution < 1.29 is 19.7 Å². The fraction of sp³-hybridized carbons (Fsp3) is 0.400. The van der Waals surface area contributed by atoms with Gasteiger partial charge in [-0.05, 0) is 72.7 Å². The molecule has 196 valence electrons. The van der Waals surface area contributed by atoms with Gasteiger partial charge in [-0.1, -0.05) is 31.9 Å². The molecule has 1 aliphatic heterocycles. The zero-order valence-corrected chi connectivity index (χ0v) is 21.7. The number of aliphatic hydroxyl groups excluding tert-OH is 1. The Morgan fingerprint density at radius 2 is 1.84 bits per heavy atom. The molecule has 0 amide bonds. The van der Waals surface area contributed by atoms with Crippen molar-refractivity contribution in [1.29, 1.82) is 0 Å². The highest BCUT2D eigenvalue weighted by atomic mass is 16.5. The lowest BCUT2D eigenvalue weighted by Gasteiger charge is -2.29. The molecule has 2 fully saturated rings. The molecule has 37 heavy (non-hydrogen) atoms. The van der Waals surface area contributed by atoms with Crippen LogP contribution in [0.4, 0.5) is 0 Å². The van der Waals surface area contributed by atoms with Gasteiger partial charge in [0, 0.05) is 36.6 Å². The third-order valence-electron chi connectivity index (χ3n) is 6.95. The number of phenols is 1. The van der Waals surface area contributed by atoms with E-state index in [2.05, 4.69) is 33.9 Å². The van der Waals surface area contributed by atoms with E-state index in [0.717, 1.165) is 82.8 Å². The molecule has 3 heterocycles. The molecule has 7 nitrogen and oxygen atoms in total. The lowest BCUT2D eigenvalue weighted by Crippen LogP contribution is -2.38. The van der Waals surface area contributed by atoms with Gasteiger partial charge in [-0.15, -0.1) is 0 Å². The second-order valence-electron chi connectivity index (χ2n) is 10.0. The number of H-pyrrole nitrogens is 1. The standard InChI is InChI=1S/C25H27N3O3.C4H8.CH2O/c1-16-13-21-23-20(17-3-2-4-19(30)14-17)5-6-22(24(23)27-25(21)26-15-16)31-12-11-28-9-7-18(29)8-10-28;1-4-2-3-4;1-2/h2-6,13-15,18,29-30H,7-12H2,1H3,(H,26,27);4H,2-3H2,1H3;1H2. The number of aromatic hydroxyl groups is 1. The lowest BCUT2D eigenvalue weighted by molar-refractivity contribution is -0.0980. The van der Waals surface area contributed by atoms with Crippen LogP contribution in [0.3, 0.4) is 0 Å². The topological polar surface area (TPSA) is 98.7 Å². The molecule has 0 unspecified atom stereocenters. The Kier molecular flexibility index (Phi) is 8.79. The second kappa shape index (κ2) is 12.2. The summed E-state index contributed by atoms with van der Waals surface area (Å²) in [6.07, 6.45) is 6.33. The first-order valence-electron chi connectivity index (χ1n) is 13.0. The van der Waals surface area contributed by atoms with Crippen LogP contribution < -0.4 is 4.74 Å². The first-order chi connectivity index (χ1) is 18.0. The number of fused-ring (bicyclic) bond motifs is 3. The van der Waals surface area contributed by atoms with Crippen molar-refractivity contribution in [3.05, 3.63) is 54.2 Å². The zero-order chi connectivity index (χ0) is 26.4. The highest BCUT2D eigenvalue weighted by Crippen LogP contribution is 2.39. The van der Waals surface area contributed by atoms with Crippen LogP contribution in [0.1, 0.15) is 38.2 Å². The summed E-state index contributed by atoms with van der Waals surface area (Å²) in [5, 5.41) is 21.8. The summed E-state index contributed by atoms with van der Waals surface area (Å²) < 4.78 is 6.21. The van der Waals surface area contributed by atoms with Crippen LogP contribution in [0.15, 0.2) is 48.7 Å². The van der Waals surface area contributed by atoms with Gasteiger partial charge in [-0.3, -0.25) is 4.90 Å².